The van der Waals surface area contributed by atoms with Gasteiger partial charge in [0.2, 0.25) is 0 Å². The minimum atomic E-state index is -1.99. The van der Waals surface area contributed by atoms with Crippen molar-refractivity contribution in [3.63, 3.8) is 0 Å². The van der Waals surface area contributed by atoms with E-state index in [-0.39, 0.29) is 12.2 Å². The fraction of sp³-hybridized carbons (Fsp3) is 0.364. The Morgan fingerprint density at radius 3 is 2.65 bits per heavy atom. The number of hydrogen-bond donors (Lipinski definition) is 3. The van der Waals surface area contributed by atoms with Gasteiger partial charge in [-0.15, -0.1) is 0 Å². The van der Waals surface area contributed by atoms with Crippen molar-refractivity contribution in [1.29, 1.82) is 0 Å². The summed E-state index contributed by atoms with van der Waals surface area (Å²) in [6, 6.07) is 1.49. The Labute approximate surface area is 112 Å². The first-order valence-corrected chi connectivity index (χ1v) is 5.55. The van der Waals surface area contributed by atoms with Crippen LogP contribution < -0.4 is 5.73 Å². The number of nitro groups is 1. The summed E-state index contributed by atoms with van der Waals surface area (Å²) < 4.78 is 17.9. The van der Waals surface area contributed by atoms with E-state index in [9.17, 15) is 29.5 Å². The maximum Gasteiger partial charge on any atom is 0.338 e. The van der Waals surface area contributed by atoms with Gasteiger partial charge in [-0.3, -0.25) is 10.1 Å². The molecule has 0 bridgehead atoms. The lowest BCUT2D eigenvalue weighted by Gasteiger charge is -2.17. The Kier molecular flexibility index (Phi) is 4.94. The molecule has 0 spiro atoms. The number of carbonyl (C=O) groups is 1. The van der Waals surface area contributed by atoms with Crippen LogP contribution in [0.5, 0.6) is 0 Å². The van der Waals surface area contributed by atoms with Crippen molar-refractivity contribution >= 4 is 17.3 Å². The zero-order valence-corrected chi connectivity index (χ0v) is 10.4. The molecule has 0 aliphatic rings. The van der Waals surface area contributed by atoms with Crippen LogP contribution in [0.4, 0.5) is 15.8 Å². The number of anilines is 1. The summed E-state index contributed by atoms with van der Waals surface area (Å²) in [5.41, 5.74) is 3.36. The fourth-order valence-corrected chi connectivity index (χ4v) is 1.48. The second kappa shape index (κ2) is 6.26. The molecular formula is C11H13FN2O6. The van der Waals surface area contributed by atoms with Gasteiger partial charge < -0.3 is 20.7 Å². The van der Waals surface area contributed by atoms with E-state index in [1.165, 1.54) is 6.92 Å². The standard InChI is InChI=1S/C11H13FN2O6/c1-2-20-11(17)10(16)9(15)5-3-6(12)8(13)7(4-5)14(18)19/h3-4,9-10,15-16H,2,13H2,1H3. The van der Waals surface area contributed by atoms with Crippen LogP contribution in [0.15, 0.2) is 12.1 Å². The predicted octanol–water partition coefficient (Wildman–Crippen LogP) is 0.274. The van der Waals surface area contributed by atoms with Crippen molar-refractivity contribution in [2.45, 2.75) is 19.1 Å². The molecule has 20 heavy (non-hydrogen) atoms. The minimum absolute atomic E-state index is 0.0289. The van der Waals surface area contributed by atoms with E-state index in [4.69, 9.17) is 5.73 Å². The molecule has 4 N–H and O–H groups in total. The quantitative estimate of drug-likeness (QED) is 0.306. The average Bonchev–Trinajstić information content (AvgIpc) is 2.39. The molecule has 1 aromatic carbocycles. The minimum Gasteiger partial charge on any atom is -0.464 e. The number of benzene rings is 1. The number of esters is 1. The first kappa shape index (κ1) is 15.8. The van der Waals surface area contributed by atoms with Crippen molar-refractivity contribution in [1.82, 2.24) is 0 Å². The van der Waals surface area contributed by atoms with Crippen LogP contribution in [0.1, 0.15) is 18.6 Å². The highest BCUT2D eigenvalue weighted by molar-refractivity contribution is 5.75. The Hall–Kier alpha value is -2.26. The number of nitrogen functional groups attached to an aromatic ring is 1. The number of aliphatic hydroxyl groups is 2. The largest absolute Gasteiger partial charge is 0.464 e. The van der Waals surface area contributed by atoms with Crippen molar-refractivity contribution in [3.8, 4) is 0 Å². The third-order valence-corrected chi connectivity index (χ3v) is 2.50. The number of rotatable bonds is 5. The molecule has 2 atom stereocenters. The molecule has 0 saturated heterocycles. The monoisotopic (exact) mass is 288 g/mol. The van der Waals surface area contributed by atoms with E-state index in [0.29, 0.717) is 6.07 Å². The molecule has 1 aromatic rings. The fourth-order valence-electron chi connectivity index (χ4n) is 1.48. The van der Waals surface area contributed by atoms with Gasteiger partial charge in [-0.25, -0.2) is 9.18 Å². The zero-order valence-electron chi connectivity index (χ0n) is 10.4. The number of nitrogens with zero attached hydrogens (tertiary/aromatic N) is 1. The molecule has 2 unspecified atom stereocenters. The molecule has 0 amide bonds. The van der Waals surface area contributed by atoms with Gasteiger partial charge in [-0.2, -0.15) is 0 Å². The van der Waals surface area contributed by atoms with Crippen LogP contribution in [0.3, 0.4) is 0 Å². The molecule has 0 aliphatic heterocycles. The summed E-state index contributed by atoms with van der Waals surface area (Å²) in [5, 5.41) is 29.9. The van der Waals surface area contributed by atoms with Gasteiger partial charge in [0.25, 0.3) is 5.69 Å². The van der Waals surface area contributed by atoms with Gasteiger partial charge in [0.05, 0.1) is 11.5 Å². The summed E-state index contributed by atoms with van der Waals surface area (Å²) >= 11 is 0. The van der Waals surface area contributed by atoms with Gasteiger partial charge >= 0.3 is 5.97 Å². The van der Waals surface area contributed by atoms with Crippen LogP contribution in [0.25, 0.3) is 0 Å². The van der Waals surface area contributed by atoms with Gasteiger partial charge in [-0.05, 0) is 18.6 Å². The lowest BCUT2D eigenvalue weighted by molar-refractivity contribution is -0.384. The number of ether oxygens (including phenoxy) is 1. The number of halogens is 1. The number of aliphatic hydroxyl groups excluding tert-OH is 2. The van der Waals surface area contributed by atoms with E-state index in [1.807, 2.05) is 0 Å². The van der Waals surface area contributed by atoms with Crippen molar-refractivity contribution in [3.05, 3.63) is 33.6 Å². The number of carbonyl (C=O) groups excluding carboxylic acids is 1. The summed E-state index contributed by atoms with van der Waals surface area (Å²) in [5.74, 6) is -2.26. The Balaban J connectivity index is 3.13. The van der Waals surface area contributed by atoms with Crippen molar-refractivity contribution in [2.75, 3.05) is 12.3 Å². The first-order valence-electron chi connectivity index (χ1n) is 5.55. The van der Waals surface area contributed by atoms with Gasteiger partial charge in [-0.1, -0.05) is 0 Å². The number of hydrogen-bond acceptors (Lipinski definition) is 7. The molecule has 9 heteroatoms. The summed E-state index contributed by atoms with van der Waals surface area (Å²) in [7, 11) is 0. The first-order chi connectivity index (χ1) is 9.29. The third-order valence-electron chi connectivity index (χ3n) is 2.50. The average molecular weight is 288 g/mol. The maximum atomic E-state index is 13.4. The number of nitrogens with two attached hydrogens (primary N) is 1. The maximum absolute atomic E-state index is 13.4. The van der Waals surface area contributed by atoms with E-state index >= 15 is 0 Å². The Bertz CT molecular complexity index is 536. The molecule has 1 rings (SSSR count). The lowest BCUT2D eigenvalue weighted by Crippen LogP contribution is -2.30. The molecule has 8 nitrogen and oxygen atoms in total. The second-order valence-corrected chi connectivity index (χ2v) is 3.83. The summed E-state index contributed by atoms with van der Waals surface area (Å²) in [4.78, 5) is 21.0. The predicted molar refractivity (Wildman–Crippen MR) is 65.1 cm³/mol. The molecular weight excluding hydrogens is 275 g/mol. The highest BCUT2D eigenvalue weighted by atomic mass is 19.1. The summed E-state index contributed by atoms with van der Waals surface area (Å²) in [6.07, 6.45) is -3.86. The zero-order chi connectivity index (χ0) is 15.4. The van der Waals surface area contributed by atoms with Crippen LogP contribution in [-0.4, -0.2) is 33.8 Å². The number of nitro benzene ring substituents is 1. The molecule has 0 saturated carbocycles. The highest BCUT2D eigenvalue weighted by Gasteiger charge is 2.29. The smallest absolute Gasteiger partial charge is 0.338 e. The normalized spacial score (nSPS) is 13.6. The molecule has 0 heterocycles. The summed E-state index contributed by atoms with van der Waals surface area (Å²) in [6.45, 7) is 1.46. The molecule has 0 fully saturated rings. The Morgan fingerprint density at radius 1 is 1.55 bits per heavy atom. The molecule has 110 valence electrons. The molecule has 0 aromatic heterocycles. The van der Waals surface area contributed by atoms with Crippen LogP contribution in [-0.2, 0) is 9.53 Å². The van der Waals surface area contributed by atoms with E-state index in [1.54, 1.807) is 0 Å². The van der Waals surface area contributed by atoms with E-state index in [0.717, 1.165) is 6.07 Å². The second-order valence-electron chi connectivity index (χ2n) is 3.83. The van der Waals surface area contributed by atoms with Gasteiger partial charge in [0, 0.05) is 6.07 Å². The van der Waals surface area contributed by atoms with E-state index < -0.39 is 40.3 Å². The van der Waals surface area contributed by atoms with Crippen LogP contribution >= 0.6 is 0 Å². The van der Waals surface area contributed by atoms with Crippen molar-refractivity contribution < 1.29 is 29.1 Å². The lowest BCUT2D eigenvalue weighted by atomic mass is 10.0. The third kappa shape index (κ3) is 3.19. The van der Waals surface area contributed by atoms with Gasteiger partial charge in [0.1, 0.15) is 11.8 Å². The van der Waals surface area contributed by atoms with Crippen molar-refractivity contribution in [2.24, 2.45) is 0 Å². The van der Waals surface area contributed by atoms with Crippen LogP contribution in [0, 0.1) is 15.9 Å². The Morgan fingerprint density at radius 2 is 2.15 bits per heavy atom. The van der Waals surface area contributed by atoms with E-state index in [2.05, 4.69) is 4.74 Å². The SMILES string of the molecule is CCOC(=O)C(O)C(O)c1cc(F)c(N)c([N+](=O)[O-])c1. The molecule has 0 radical (unpaired) electrons. The van der Waals surface area contributed by atoms with Crippen LogP contribution in [0.2, 0.25) is 0 Å². The van der Waals surface area contributed by atoms with Gasteiger partial charge in [0.15, 0.2) is 11.9 Å². The molecule has 0 aliphatic carbocycles. The topological polar surface area (TPSA) is 136 Å². The highest BCUT2D eigenvalue weighted by Crippen LogP contribution is 2.30.